The van der Waals surface area contributed by atoms with Gasteiger partial charge in [-0.25, -0.2) is 0 Å². The molecule has 0 fully saturated rings. The Balaban J connectivity index is 1.59. The average molecular weight is 640 g/mol. The quantitative estimate of drug-likeness (QED) is 0.193. The van der Waals surface area contributed by atoms with E-state index >= 15 is 0 Å². The van der Waals surface area contributed by atoms with Gasteiger partial charge in [-0.2, -0.15) is 0 Å². The van der Waals surface area contributed by atoms with E-state index in [2.05, 4.69) is 180 Å². The molecule has 4 heteroatoms. The minimum absolute atomic E-state index is 0.00806. The van der Waals surface area contributed by atoms with Gasteiger partial charge in [-0.3, -0.25) is 4.90 Å². The zero-order valence-electron chi connectivity index (χ0n) is 23.0. The summed E-state index contributed by atoms with van der Waals surface area (Å²) in [5.41, 5.74) is 8.60. The topological polar surface area (TPSA) is 6.48 Å². The molecule has 0 atom stereocenters. The van der Waals surface area contributed by atoms with Gasteiger partial charge in [0.2, 0.25) is 0 Å². The van der Waals surface area contributed by atoms with E-state index in [0.717, 1.165) is 26.0 Å². The minimum Gasteiger partial charge on any atom is -0.310 e. The second-order valence-electron chi connectivity index (χ2n) is 11.4. The fourth-order valence-corrected chi connectivity index (χ4v) is 6.60. The molecule has 0 saturated carbocycles. The van der Waals surface area contributed by atoms with Crippen LogP contribution in [0, 0.1) is 0 Å². The summed E-state index contributed by atoms with van der Waals surface area (Å²) in [6.07, 6.45) is 0. The van der Waals surface area contributed by atoms with Crippen molar-refractivity contribution in [3.63, 3.8) is 0 Å². The van der Waals surface area contributed by atoms with Crippen molar-refractivity contribution < 1.29 is 0 Å². The van der Waals surface area contributed by atoms with E-state index in [1.165, 1.54) is 33.0 Å². The molecule has 2 nitrogen and oxygen atoms in total. The third-order valence-electron chi connectivity index (χ3n) is 8.60. The molecule has 0 spiro atoms. The first kappa shape index (κ1) is 26.3. The lowest BCUT2D eigenvalue weighted by Crippen LogP contribution is -2.42. The molecule has 196 valence electrons. The summed E-state index contributed by atoms with van der Waals surface area (Å²) in [7, 11) is 2.24. The number of anilines is 3. The van der Waals surface area contributed by atoms with Crippen molar-refractivity contribution in [3.05, 3.63) is 123 Å². The molecule has 1 heterocycles. The van der Waals surface area contributed by atoms with Crippen molar-refractivity contribution in [1.29, 1.82) is 0 Å². The fraction of sp³-hybridized carbons (Fsp3) is 0.200. The number of hydrogen-bond acceptors (Lipinski definition) is 2. The van der Waals surface area contributed by atoms with Gasteiger partial charge >= 0.3 is 0 Å². The Bertz CT molecular complexity index is 1640. The Kier molecular flexibility index (Phi) is 6.49. The van der Waals surface area contributed by atoms with E-state index in [9.17, 15) is 0 Å². The summed E-state index contributed by atoms with van der Waals surface area (Å²) < 4.78 is 2.13. The SMILES string of the molecule is CN1C(C)(C)c2ccc(-c3cc(N(c4ccc(Br)cc4)c4ccc(Br)cc4)c4ccccc4c3)cc2C1(C)C. The number of nitrogens with zero attached hydrogens (tertiary/aromatic N) is 2. The predicted octanol–water partition coefficient (Wildman–Crippen LogP) is 10.9. The number of fused-ring (bicyclic) bond motifs is 2. The summed E-state index contributed by atoms with van der Waals surface area (Å²) in [6, 6.07) is 37.5. The first-order valence-electron chi connectivity index (χ1n) is 13.3. The van der Waals surface area contributed by atoms with Crippen molar-refractivity contribution in [2.75, 3.05) is 11.9 Å². The van der Waals surface area contributed by atoms with Crippen molar-refractivity contribution >= 4 is 59.7 Å². The number of benzene rings is 5. The van der Waals surface area contributed by atoms with Gasteiger partial charge in [0.05, 0.1) is 5.69 Å². The largest absolute Gasteiger partial charge is 0.310 e. The molecule has 0 aromatic heterocycles. The van der Waals surface area contributed by atoms with Gasteiger partial charge in [-0.1, -0.05) is 68.3 Å². The van der Waals surface area contributed by atoms with Crippen LogP contribution in [0.15, 0.2) is 112 Å². The summed E-state index contributed by atoms with van der Waals surface area (Å²) in [6.45, 7) is 9.31. The second-order valence-corrected chi connectivity index (χ2v) is 13.3. The molecule has 0 unspecified atom stereocenters. The van der Waals surface area contributed by atoms with E-state index in [1.54, 1.807) is 0 Å². The van der Waals surface area contributed by atoms with Crippen LogP contribution in [0.2, 0.25) is 0 Å². The number of hydrogen-bond donors (Lipinski definition) is 0. The van der Waals surface area contributed by atoms with Crippen LogP contribution in [-0.2, 0) is 11.1 Å². The molecule has 0 radical (unpaired) electrons. The molecule has 1 aliphatic rings. The maximum Gasteiger partial charge on any atom is 0.0546 e. The summed E-state index contributed by atoms with van der Waals surface area (Å²) in [4.78, 5) is 4.85. The van der Waals surface area contributed by atoms with Gasteiger partial charge in [-0.15, -0.1) is 0 Å². The van der Waals surface area contributed by atoms with Crippen LogP contribution in [0.4, 0.5) is 17.1 Å². The normalized spacial score (nSPS) is 15.9. The van der Waals surface area contributed by atoms with Crippen molar-refractivity contribution in [3.8, 4) is 11.1 Å². The molecule has 0 bridgehead atoms. The van der Waals surface area contributed by atoms with Crippen LogP contribution in [0.5, 0.6) is 0 Å². The average Bonchev–Trinajstić information content (AvgIpc) is 3.07. The fourth-order valence-electron chi connectivity index (χ4n) is 6.07. The smallest absolute Gasteiger partial charge is 0.0546 e. The van der Waals surface area contributed by atoms with Crippen LogP contribution in [0.1, 0.15) is 38.8 Å². The molecule has 5 aromatic carbocycles. The minimum atomic E-state index is -0.0462. The zero-order chi connectivity index (χ0) is 27.5. The molecular formula is C35H32Br2N2. The van der Waals surface area contributed by atoms with Gasteiger partial charge in [0.15, 0.2) is 0 Å². The van der Waals surface area contributed by atoms with Gasteiger partial charge in [-0.05, 0) is 129 Å². The highest BCUT2D eigenvalue weighted by atomic mass is 79.9. The van der Waals surface area contributed by atoms with Crippen LogP contribution < -0.4 is 4.90 Å². The van der Waals surface area contributed by atoms with Crippen molar-refractivity contribution in [1.82, 2.24) is 4.90 Å². The van der Waals surface area contributed by atoms with Crippen LogP contribution in [-0.4, -0.2) is 11.9 Å². The molecular weight excluding hydrogens is 608 g/mol. The standard InChI is InChI=1S/C35H32Br2N2/c1-34(2)31-19-10-23(21-32(31)35(3,4)38(34)5)25-20-24-8-6-7-9-30(24)33(22-25)39(28-15-11-26(36)12-16-28)29-17-13-27(37)14-18-29/h6-22H,1-5H3. The highest BCUT2D eigenvalue weighted by molar-refractivity contribution is 9.10. The Morgan fingerprint density at radius 2 is 1.15 bits per heavy atom. The number of rotatable bonds is 4. The van der Waals surface area contributed by atoms with E-state index in [4.69, 9.17) is 0 Å². The highest BCUT2D eigenvalue weighted by Crippen LogP contribution is 2.50. The van der Waals surface area contributed by atoms with Gasteiger partial charge in [0, 0.05) is 36.8 Å². The van der Waals surface area contributed by atoms with Gasteiger partial charge in [0.25, 0.3) is 0 Å². The van der Waals surface area contributed by atoms with Crippen LogP contribution in [0.25, 0.3) is 21.9 Å². The van der Waals surface area contributed by atoms with Crippen LogP contribution in [0.3, 0.4) is 0 Å². The van der Waals surface area contributed by atoms with E-state index in [-0.39, 0.29) is 11.1 Å². The summed E-state index contributed by atoms with van der Waals surface area (Å²) in [5, 5.41) is 2.44. The third-order valence-corrected chi connectivity index (χ3v) is 9.66. The van der Waals surface area contributed by atoms with Crippen molar-refractivity contribution in [2.24, 2.45) is 0 Å². The predicted molar refractivity (Wildman–Crippen MR) is 173 cm³/mol. The molecule has 39 heavy (non-hydrogen) atoms. The number of halogens is 2. The summed E-state index contributed by atoms with van der Waals surface area (Å²) >= 11 is 7.23. The Morgan fingerprint density at radius 1 is 0.590 bits per heavy atom. The molecule has 5 aromatic rings. The van der Waals surface area contributed by atoms with E-state index in [1.807, 2.05) is 0 Å². The lowest BCUT2D eigenvalue weighted by molar-refractivity contribution is 0.0730. The van der Waals surface area contributed by atoms with E-state index < -0.39 is 0 Å². The van der Waals surface area contributed by atoms with Gasteiger partial charge in [0.1, 0.15) is 0 Å². The maximum atomic E-state index is 3.62. The Labute approximate surface area is 248 Å². The highest BCUT2D eigenvalue weighted by Gasteiger charge is 2.46. The maximum absolute atomic E-state index is 3.62. The molecule has 0 saturated heterocycles. The van der Waals surface area contributed by atoms with Gasteiger partial charge < -0.3 is 4.90 Å². The molecule has 0 aliphatic carbocycles. The van der Waals surface area contributed by atoms with Crippen LogP contribution >= 0.6 is 31.9 Å². The molecule has 0 N–H and O–H groups in total. The summed E-state index contributed by atoms with van der Waals surface area (Å²) in [5.74, 6) is 0. The zero-order valence-corrected chi connectivity index (χ0v) is 26.1. The molecule has 1 aliphatic heterocycles. The molecule has 0 amide bonds. The van der Waals surface area contributed by atoms with E-state index in [0.29, 0.717) is 0 Å². The third kappa shape index (κ3) is 4.43. The lowest BCUT2D eigenvalue weighted by Gasteiger charge is -2.37. The Morgan fingerprint density at radius 3 is 1.77 bits per heavy atom. The Hall–Kier alpha value is -2.92. The monoisotopic (exact) mass is 638 g/mol. The van der Waals surface area contributed by atoms with Crippen molar-refractivity contribution in [2.45, 2.75) is 38.8 Å². The molecule has 6 rings (SSSR count). The first-order valence-corrected chi connectivity index (χ1v) is 14.9. The first-order chi connectivity index (χ1) is 18.6. The lowest BCUT2D eigenvalue weighted by atomic mass is 9.87. The second kappa shape index (κ2) is 9.62.